The molecule has 2 saturated heterocycles. The number of nitrogens with one attached hydrogen (secondary N) is 1. The molecular weight excluding hydrogens is 208 g/mol. The Kier molecular flexibility index (Phi) is 3.74. The van der Waals surface area contributed by atoms with Crippen molar-refractivity contribution < 1.29 is 0 Å². The Hall–Kier alpha value is 0.210. The molecule has 2 nitrogen and oxygen atoms in total. The summed E-state index contributed by atoms with van der Waals surface area (Å²) in [6.45, 7) is 13.3. The topological polar surface area (TPSA) is 15.3 Å². The first-order chi connectivity index (χ1) is 6.43. The molecule has 0 aromatic carbocycles. The molecule has 0 unspecified atom stereocenters. The lowest BCUT2D eigenvalue weighted by molar-refractivity contribution is -0.119. The van der Waals surface area contributed by atoms with Crippen LogP contribution in [0.5, 0.6) is 0 Å². The summed E-state index contributed by atoms with van der Waals surface area (Å²) in [5.41, 5.74) is 0.878. The zero-order valence-electron chi connectivity index (χ0n) is 10.5. The third-order valence-electron chi connectivity index (χ3n) is 4.64. The minimum atomic E-state index is 0. The van der Waals surface area contributed by atoms with E-state index in [1.54, 1.807) is 0 Å². The van der Waals surface area contributed by atoms with E-state index in [4.69, 9.17) is 0 Å². The Labute approximate surface area is 100 Å². The van der Waals surface area contributed by atoms with Crippen LogP contribution >= 0.6 is 12.4 Å². The van der Waals surface area contributed by atoms with E-state index in [0.29, 0.717) is 11.0 Å². The summed E-state index contributed by atoms with van der Waals surface area (Å²) in [5.74, 6) is 0. The van der Waals surface area contributed by atoms with Crippen molar-refractivity contribution in [3.63, 3.8) is 0 Å². The first-order valence-corrected chi connectivity index (χ1v) is 5.92. The van der Waals surface area contributed by atoms with E-state index in [2.05, 4.69) is 37.9 Å². The molecule has 1 atom stereocenters. The highest BCUT2D eigenvalue weighted by atomic mass is 35.5. The standard InChI is InChI=1S/C12H24N2.ClH/c1-11(2)9-14(12(11,3)4)8-10-6-5-7-13-10;/h10,13H,5-9H2,1-4H3;1H/t10-;/m0./s1. The summed E-state index contributed by atoms with van der Waals surface area (Å²) in [6, 6.07) is 0.755. The Bertz CT molecular complexity index is 220. The Morgan fingerprint density at radius 2 is 1.93 bits per heavy atom. The first kappa shape index (κ1) is 13.3. The van der Waals surface area contributed by atoms with Crippen molar-refractivity contribution in [1.82, 2.24) is 10.2 Å². The van der Waals surface area contributed by atoms with Crippen LogP contribution in [0.1, 0.15) is 40.5 Å². The van der Waals surface area contributed by atoms with Gasteiger partial charge < -0.3 is 5.32 Å². The van der Waals surface area contributed by atoms with Crippen LogP contribution in [0, 0.1) is 5.41 Å². The average Bonchev–Trinajstić information content (AvgIpc) is 2.55. The third kappa shape index (κ3) is 2.17. The Morgan fingerprint density at radius 1 is 1.27 bits per heavy atom. The van der Waals surface area contributed by atoms with E-state index in [1.165, 1.54) is 32.5 Å². The second-order valence-corrected chi connectivity index (χ2v) is 6.12. The molecule has 2 aliphatic heterocycles. The van der Waals surface area contributed by atoms with Gasteiger partial charge in [0.05, 0.1) is 0 Å². The number of likely N-dealkylation sites (tertiary alicyclic amines) is 1. The minimum absolute atomic E-state index is 0. The lowest BCUT2D eigenvalue weighted by Gasteiger charge is -2.62. The fourth-order valence-electron chi connectivity index (χ4n) is 2.68. The zero-order chi connectivity index (χ0) is 10.4. The maximum Gasteiger partial charge on any atom is 0.0217 e. The van der Waals surface area contributed by atoms with E-state index < -0.39 is 0 Å². The van der Waals surface area contributed by atoms with E-state index in [-0.39, 0.29) is 12.4 Å². The molecule has 2 heterocycles. The Morgan fingerprint density at radius 3 is 2.33 bits per heavy atom. The average molecular weight is 233 g/mol. The highest BCUT2D eigenvalue weighted by Crippen LogP contribution is 2.46. The summed E-state index contributed by atoms with van der Waals surface area (Å²) in [4.78, 5) is 2.63. The third-order valence-corrected chi connectivity index (χ3v) is 4.64. The molecular formula is C12H25ClN2. The van der Waals surface area contributed by atoms with E-state index in [0.717, 1.165) is 6.04 Å². The molecule has 0 aromatic rings. The van der Waals surface area contributed by atoms with Gasteiger partial charge in [-0.25, -0.2) is 0 Å². The van der Waals surface area contributed by atoms with Crippen LogP contribution in [0.2, 0.25) is 0 Å². The molecule has 15 heavy (non-hydrogen) atoms. The fourth-order valence-corrected chi connectivity index (χ4v) is 2.68. The zero-order valence-corrected chi connectivity index (χ0v) is 11.3. The molecule has 0 aromatic heterocycles. The minimum Gasteiger partial charge on any atom is -0.313 e. The van der Waals surface area contributed by atoms with Gasteiger partial charge in [-0.2, -0.15) is 0 Å². The molecule has 0 bridgehead atoms. The Balaban J connectivity index is 0.00000112. The molecule has 2 fully saturated rings. The molecule has 0 spiro atoms. The van der Waals surface area contributed by atoms with Crippen molar-refractivity contribution in [2.24, 2.45) is 5.41 Å². The van der Waals surface area contributed by atoms with Gasteiger partial charge in [0.2, 0.25) is 0 Å². The van der Waals surface area contributed by atoms with Gasteiger partial charge in [-0.1, -0.05) is 13.8 Å². The second kappa shape index (κ2) is 4.23. The van der Waals surface area contributed by atoms with Gasteiger partial charge in [-0.15, -0.1) is 12.4 Å². The highest BCUT2D eigenvalue weighted by molar-refractivity contribution is 5.85. The van der Waals surface area contributed by atoms with Crippen LogP contribution in [0.25, 0.3) is 0 Å². The molecule has 1 N–H and O–H groups in total. The van der Waals surface area contributed by atoms with Crippen molar-refractivity contribution in [2.75, 3.05) is 19.6 Å². The molecule has 2 rings (SSSR count). The van der Waals surface area contributed by atoms with Crippen molar-refractivity contribution in [3.8, 4) is 0 Å². The molecule has 0 saturated carbocycles. The predicted octanol–water partition coefficient (Wildman–Crippen LogP) is 2.28. The van der Waals surface area contributed by atoms with Crippen LogP contribution in [-0.4, -0.2) is 36.1 Å². The van der Waals surface area contributed by atoms with Crippen LogP contribution < -0.4 is 5.32 Å². The molecule has 0 amide bonds. The SMILES string of the molecule is CC1(C)CN(C[C@@H]2CCCN2)C1(C)C.Cl. The lowest BCUT2D eigenvalue weighted by atomic mass is 9.65. The number of hydrogen-bond donors (Lipinski definition) is 1. The first-order valence-electron chi connectivity index (χ1n) is 5.92. The van der Waals surface area contributed by atoms with Crippen molar-refractivity contribution >= 4 is 12.4 Å². The van der Waals surface area contributed by atoms with Crippen LogP contribution in [0.15, 0.2) is 0 Å². The summed E-state index contributed by atoms with van der Waals surface area (Å²) in [7, 11) is 0. The molecule has 90 valence electrons. The van der Waals surface area contributed by atoms with Crippen LogP contribution in [0.4, 0.5) is 0 Å². The van der Waals surface area contributed by atoms with E-state index in [9.17, 15) is 0 Å². The van der Waals surface area contributed by atoms with Gasteiger partial charge >= 0.3 is 0 Å². The largest absolute Gasteiger partial charge is 0.313 e. The molecule has 0 aliphatic carbocycles. The summed E-state index contributed by atoms with van der Waals surface area (Å²) >= 11 is 0. The highest BCUT2D eigenvalue weighted by Gasteiger charge is 2.52. The normalized spacial score (nSPS) is 33.2. The van der Waals surface area contributed by atoms with E-state index >= 15 is 0 Å². The smallest absolute Gasteiger partial charge is 0.0217 e. The quantitative estimate of drug-likeness (QED) is 0.786. The second-order valence-electron chi connectivity index (χ2n) is 6.12. The van der Waals surface area contributed by atoms with Gasteiger partial charge in [0, 0.05) is 24.7 Å². The van der Waals surface area contributed by atoms with Crippen LogP contribution in [0.3, 0.4) is 0 Å². The summed E-state index contributed by atoms with van der Waals surface area (Å²) in [6.07, 6.45) is 2.73. The summed E-state index contributed by atoms with van der Waals surface area (Å²) in [5, 5.41) is 3.58. The van der Waals surface area contributed by atoms with Gasteiger partial charge in [-0.3, -0.25) is 4.90 Å². The maximum absolute atomic E-state index is 3.58. The number of hydrogen-bond acceptors (Lipinski definition) is 2. The van der Waals surface area contributed by atoms with Gasteiger partial charge in [0.15, 0.2) is 0 Å². The number of rotatable bonds is 2. The fraction of sp³-hybridized carbons (Fsp3) is 1.00. The molecule has 2 aliphatic rings. The number of halogens is 1. The summed E-state index contributed by atoms with van der Waals surface area (Å²) < 4.78 is 0. The van der Waals surface area contributed by atoms with Crippen LogP contribution in [-0.2, 0) is 0 Å². The predicted molar refractivity (Wildman–Crippen MR) is 67.7 cm³/mol. The van der Waals surface area contributed by atoms with Gasteiger partial charge in [0.1, 0.15) is 0 Å². The number of nitrogens with zero attached hydrogens (tertiary/aromatic N) is 1. The monoisotopic (exact) mass is 232 g/mol. The van der Waals surface area contributed by atoms with Crippen molar-refractivity contribution in [1.29, 1.82) is 0 Å². The van der Waals surface area contributed by atoms with E-state index in [1.807, 2.05) is 0 Å². The lowest BCUT2D eigenvalue weighted by Crippen LogP contribution is -2.70. The van der Waals surface area contributed by atoms with Gasteiger partial charge in [0.25, 0.3) is 0 Å². The molecule has 3 heteroatoms. The van der Waals surface area contributed by atoms with Gasteiger partial charge in [-0.05, 0) is 38.6 Å². The van der Waals surface area contributed by atoms with Crippen molar-refractivity contribution in [2.45, 2.75) is 52.1 Å². The molecule has 0 radical (unpaired) electrons. The maximum atomic E-state index is 3.58. The van der Waals surface area contributed by atoms with Crippen molar-refractivity contribution in [3.05, 3.63) is 0 Å².